The summed E-state index contributed by atoms with van der Waals surface area (Å²) < 4.78 is 10.6. The second-order valence-corrected chi connectivity index (χ2v) is 6.46. The lowest BCUT2D eigenvalue weighted by molar-refractivity contribution is 0.0926. The number of ether oxygens (including phenoxy) is 1. The Labute approximate surface area is 172 Å². The number of hydrogen-bond acceptors (Lipinski definition) is 4. The van der Waals surface area contributed by atoms with Crippen LogP contribution >= 0.6 is 34.8 Å². The fourth-order valence-corrected chi connectivity index (χ4v) is 2.99. The minimum absolute atomic E-state index is 0.269. The molecule has 3 N–H and O–H groups in total. The predicted molar refractivity (Wildman–Crippen MR) is 107 cm³/mol. The summed E-state index contributed by atoms with van der Waals surface area (Å²) >= 11 is 18.0. The summed E-state index contributed by atoms with van der Waals surface area (Å²) in [5.41, 5.74) is 0. The second kappa shape index (κ2) is 10.9. The van der Waals surface area contributed by atoms with Crippen LogP contribution in [0.4, 0.5) is 0 Å². The Morgan fingerprint density at radius 1 is 1.11 bits per heavy atom. The van der Waals surface area contributed by atoms with Gasteiger partial charge in [-0.25, -0.2) is 0 Å². The van der Waals surface area contributed by atoms with Gasteiger partial charge in [0.1, 0.15) is 6.61 Å². The summed E-state index contributed by atoms with van der Waals surface area (Å²) in [5.74, 6) is 0.955. The minimum atomic E-state index is -0.269. The third-order valence-corrected chi connectivity index (χ3v) is 4.06. The number of carbonyl (C=O) groups is 1. The number of benzene rings is 1. The molecule has 1 aromatic carbocycles. The highest BCUT2D eigenvalue weighted by Crippen LogP contribution is 2.35. The molecule has 0 aliphatic carbocycles. The van der Waals surface area contributed by atoms with E-state index in [2.05, 4.69) is 20.9 Å². The molecule has 0 bridgehead atoms. The quantitative estimate of drug-likeness (QED) is 0.338. The Kier molecular flexibility index (Phi) is 8.57. The van der Waals surface area contributed by atoms with Crippen LogP contribution in [0.5, 0.6) is 5.75 Å². The van der Waals surface area contributed by atoms with E-state index in [1.807, 2.05) is 0 Å². The monoisotopic (exact) mass is 432 g/mol. The fraction of sp³-hybridized carbons (Fsp3) is 0.294. The second-order valence-electron chi connectivity index (χ2n) is 5.21. The maximum atomic E-state index is 11.7. The molecule has 0 spiro atoms. The molecule has 2 aromatic rings. The number of amides is 1. The summed E-state index contributed by atoms with van der Waals surface area (Å²) in [6.45, 7) is 1.68. The van der Waals surface area contributed by atoms with Gasteiger partial charge < -0.3 is 25.1 Å². The third kappa shape index (κ3) is 6.86. The van der Waals surface area contributed by atoms with E-state index in [0.29, 0.717) is 53.0 Å². The largest absolute Gasteiger partial charge is 0.489 e. The molecule has 0 saturated heterocycles. The number of guanidine groups is 1. The topological polar surface area (TPSA) is 87.9 Å². The minimum Gasteiger partial charge on any atom is -0.489 e. The molecular weight excluding hydrogens is 415 g/mol. The molecule has 0 unspecified atom stereocenters. The lowest BCUT2D eigenvalue weighted by Crippen LogP contribution is -2.42. The summed E-state index contributed by atoms with van der Waals surface area (Å²) in [4.78, 5) is 15.8. The third-order valence-electron chi connectivity index (χ3n) is 3.28. The number of nitrogens with zero attached hydrogens (tertiary/aromatic N) is 1. The van der Waals surface area contributed by atoms with E-state index >= 15 is 0 Å². The first-order valence-electron chi connectivity index (χ1n) is 8.05. The first-order chi connectivity index (χ1) is 13.0. The van der Waals surface area contributed by atoms with Crippen molar-refractivity contribution < 1.29 is 13.9 Å². The van der Waals surface area contributed by atoms with E-state index in [-0.39, 0.29) is 11.7 Å². The SMILES string of the molecule is CN=C(NCCNC(=O)c1ccco1)NCCOc1c(Cl)cc(Cl)cc1Cl. The molecule has 0 aliphatic rings. The zero-order chi connectivity index (χ0) is 19.6. The molecule has 1 heterocycles. The van der Waals surface area contributed by atoms with Crippen molar-refractivity contribution in [2.75, 3.05) is 33.3 Å². The standard InChI is InChI=1S/C17H19Cl3N4O3/c1-21-17(23-5-4-22-16(25)14-3-2-7-26-14)24-6-8-27-15-12(19)9-11(18)10-13(15)20/h2-3,7,9-10H,4-6,8H2,1H3,(H,22,25)(H2,21,23,24). The van der Waals surface area contributed by atoms with E-state index in [1.54, 1.807) is 31.3 Å². The number of halogens is 3. The van der Waals surface area contributed by atoms with Gasteiger partial charge in [0.2, 0.25) is 0 Å². The highest BCUT2D eigenvalue weighted by molar-refractivity contribution is 6.40. The maximum Gasteiger partial charge on any atom is 0.287 e. The maximum absolute atomic E-state index is 11.7. The average Bonchev–Trinajstić information content (AvgIpc) is 3.16. The van der Waals surface area contributed by atoms with Crippen molar-refractivity contribution in [3.63, 3.8) is 0 Å². The van der Waals surface area contributed by atoms with Crippen LogP contribution in [0, 0.1) is 0 Å². The predicted octanol–water partition coefficient (Wildman–Crippen LogP) is 3.21. The van der Waals surface area contributed by atoms with E-state index < -0.39 is 0 Å². The van der Waals surface area contributed by atoms with E-state index in [0.717, 1.165) is 0 Å². The van der Waals surface area contributed by atoms with Gasteiger partial charge in [-0.2, -0.15) is 0 Å². The van der Waals surface area contributed by atoms with Crippen molar-refractivity contribution in [1.82, 2.24) is 16.0 Å². The first-order valence-corrected chi connectivity index (χ1v) is 9.18. The van der Waals surface area contributed by atoms with Gasteiger partial charge in [-0.1, -0.05) is 34.8 Å². The number of rotatable bonds is 8. The molecule has 2 rings (SSSR count). The normalized spacial score (nSPS) is 11.2. The molecule has 0 aliphatic heterocycles. The molecule has 0 saturated carbocycles. The molecule has 146 valence electrons. The van der Waals surface area contributed by atoms with Crippen molar-refractivity contribution in [3.05, 3.63) is 51.4 Å². The zero-order valence-electron chi connectivity index (χ0n) is 14.5. The molecule has 7 nitrogen and oxygen atoms in total. The van der Waals surface area contributed by atoms with E-state index in [4.69, 9.17) is 44.0 Å². The van der Waals surface area contributed by atoms with E-state index in [1.165, 1.54) is 6.26 Å². The highest BCUT2D eigenvalue weighted by atomic mass is 35.5. The van der Waals surface area contributed by atoms with Crippen molar-refractivity contribution in [3.8, 4) is 5.75 Å². The van der Waals surface area contributed by atoms with Crippen molar-refractivity contribution in [1.29, 1.82) is 0 Å². The van der Waals surface area contributed by atoms with Crippen molar-refractivity contribution >= 4 is 46.7 Å². The molecule has 0 atom stereocenters. The van der Waals surface area contributed by atoms with Gasteiger partial charge in [0.15, 0.2) is 17.5 Å². The number of furan rings is 1. The van der Waals surface area contributed by atoms with Gasteiger partial charge in [-0.05, 0) is 24.3 Å². The Morgan fingerprint density at radius 3 is 2.41 bits per heavy atom. The van der Waals surface area contributed by atoms with Crippen LogP contribution in [0.1, 0.15) is 10.6 Å². The lowest BCUT2D eigenvalue weighted by Gasteiger charge is -2.14. The van der Waals surface area contributed by atoms with E-state index in [9.17, 15) is 4.79 Å². The van der Waals surface area contributed by atoms with Crippen LogP contribution in [0.2, 0.25) is 15.1 Å². The number of aliphatic imine (C=N–C) groups is 1. The van der Waals surface area contributed by atoms with Gasteiger partial charge in [-0.15, -0.1) is 0 Å². The molecule has 1 aromatic heterocycles. The van der Waals surface area contributed by atoms with Crippen LogP contribution in [-0.2, 0) is 0 Å². The Hall–Kier alpha value is -2.09. The molecule has 10 heteroatoms. The highest BCUT2D eigenvalue weighted by Gasteiger charge is 2.09. The molecule has 0 fully saturated rings. The number of carbonyl (C=O) groups excluding carboxylic acids is 1. The summed E-state index contributed by atoms with van der Waals surface area (Å²) in [5, 5.41) is 10.0. The fourth-order valence-electron chi connectivity index (χ4n) is 2.06. The Bertz CT molecular complexity index is 759. The number of nitrogens with one attached hydrogen (secondary N) is 3. The van der Waals surface area contributed by atoms with Gasteiger partial charge in [0, 0.05) is 25.2 Å². The van der Waals surface area contributed by atoms with Crippen molar-refractivity contribution in [2.24, 2.45) is 4.99 Å². The first kappa shape index (κ1) is 21.2. The van der Waals surface area contributed by atoms with Crippen LogP contribution in [0.15, 0.2) is 39.9 Å². The molecule has 27 heavy (non-hydrogen) atoms. The van der Waals surface area contributed by atoms with Gasteiger partial charge in [0.25, 0.3) is 5.91 Å². The smallest absolute Gasteiger partial charge is 0.287 e. The van der Waals surface area contributed by atoms with Crippen LogP contribution in [-0.4, -0.2) is 45.2 Å². The van der Waals surface area contributed by atoms with Gasteiger partial charge in [0.05, 0.1) is 22.9 Å². The van der Waals surface area contributed by atoms with Crippen molar-refractivity contribution in [2.45, 2.75) is 0 Å². The van der Waals surface area contributed by atoms with Gasteiger partial charge in [-0.3, -0.25) is 9.79 Å². The Balaban J connectivity index is 1.65. The zero-order valence-corrected chi connectivity index (χ0v) is 16.8. The Morgan fingerprint density at radius 2 is 1.78 bits per heavy atom. The molecular formula is C17H19Cl3N4O3. The lowest BCUT2D eigenvalue weighted by atomic mass is 10.3. The van der Waals surface area contributed by atoms with Crippen LogP contribution in [0.3, 0.4) is 0 Å². The summed E-state index contributed by atoms with van der Waals surface area (Å²) in [7, 11) is 1.64. The van der Waals surface area contributed by atoms with Crippen LogP contribution < -0.4 is 20.7 Å². The van der Waals surface area contributed by atoms with Gasteiger partial charge >= 0.3 is 0 Å². The number of hydrogen-bond donors (Lipinski definition) is 3. The summed E-state index contributed by atoms with van der Waals surface area (Å²) in [6, 6.07) is 6.39. The van der Waals surface area contributed by atoms with Crippen LogP contribution in [0.25, 0.3) is 0 Å². The molecule has 0 radical (unpaired) electrons. The summed E-state index contributed by atoms with van der Waals surface area (Å²) in [6.07, 6.45) is 1.45. The molecule has 1 amide bonds. The average molecular weight is 434 g/mol.